The van der Waals surface area contributed by atoms with Gasteiger partial charge in [0.15, 0.2) is 4.21 Å². The first-order chi connectivity index (χ1) is 9.91. The molecule has 1 aliphatic rings. The van der Waals surface area contributed by atoms with Crippen molar-refractivity contribution in [3.05, 3.63) is 45.2 Å². The Morgan fingerprint density at radius 2 is 2.05 bits per heavy atom. The number of benzene rings is 1. The summed E-state index contributed by atoms with van der Waals surface area (Å²) in [5, 5.41) is 0. The van der Waals surface area contributed by atoms with Gasteiger partial charge in [0, 0.05) is 11.7 Å². The lowest BCUT2D eigenvalue weighted by Crippen LogP contribution is -2.41. The summed E-state index contributed by atoms with van der Waals surface area (Å²) < 4.78 is 27.5. The van der Waals surface area contributed by atoms with E-state index in [1.807, 2.05) is 31.2 Å². The molecule has 3 rings (SSSR count). The van der Waals surface area contributed by atoms with Gasteiger partial charge in [0.25, 0.3) is 10.0 Å². The molecule has 0 spiro atoms. The number of nitrogens with zero attached hydrogens (tertiary/aromatic N) is 1. The van der Waals surface area contributed by atoms with E-state index in [-0.39, 0.29) is 15.1 Å². The maximum absolute atomic E-state index is 13.0. The SMILES string of the molecule is Cc1[nH]c(=O)sc1S(=O)(=O)N1c2ccccc2CCC1C. The minimum Gasteiger partial charge on any atom is -0.315 e. The number of fused-ring (bicyclic) bond motifs is 1. The van der Waals surface area contributed by atoms with E-state index >= 15 is 0 Å². The van der Waals surface area contributed by atoms with Crippen LogP contribution in [0.5, 0.6) is 0 Å². The molecule has 0 radical (unpaired) electrons. The van der Waals surface area contributed by atoms with Crippen LogP contribution in [0.1, 0.15) is 24.6 Å². The Kier molecular flexibility index (Phi) is 3.41. The van der Waals surface area contributed by atoms with Crippen LogP contribution in [0.2, 0.25) is 0 Å². The van der Waals surface area contributed by atoms with Crippen molar-refractivity contribution in [1.29, 1.82) is 0 Å². The number of para-hydroxylation sites is 1. The summed E-state index contributed by atoms with van der Waals surface area (Å²) in [6.45, 7) is 3.52. The summed E-state index contributed by atoms with van der Waals surface area (Å²) in [7, 11) is -3.71. The van der Waals surface area contributed by atoms with Crippen molar-refractivity contribution in [3.63, 3.8) is 0 Å². The van der Waals surface area contributed by atoms with E-state index in [0.717, 1.165) is 35.4 Å². The predicted molar refractivity (Wildman–Crippen MR) is 83.6 cm³/mol. The maximum atomic E-state index is 13.0. The molecule has 112 valence electrons. The van der Waals surface area contributed by atoms with Crippen molar-refractivity contribution >= 4 is 27.0 Å². The third-order valence-electron chi connectivity index (χ3n) is 3.74. The van der Waals surface area contributed by atoms with Gasteiger partial charge < -0.3 is 4.98 Å². The number of hydrogen-bond donors (Lipinski definition) is 1. The highest BCUT2D eigenvalue weighted by Gasteiger charge is 2.35. The number of rotatable bonds is 2. The Morgan fingerprint density at radius 3 is 2.71 bits per heavy atom. The van der Waals surface area contributed by atoms with Crippen molar-refractivity contribution in [3.8, 4) is 0 Å². The van der Waals surface area contributed by atoms with Crippen molar-refractivity contribution < 1.29 is 8.42 Å². The van der Waals surface area contributed by atoms with Crippen LogP contribution in [0.15, 0.2) is 33.3 Å². The topological polar surface area (TPSA) is 70.2 Å². The largest absolute Gasteiger partial charge is 0.315 e. The Bertz CT molecular complexity index is 836. The minimum absolute atomic E-state index is 0.107. The van der Waals surface area contributed by atoms with Gasteiger partial charge in [0.1, 0.15) is 0 Å². The van der Waals surface area contributed by atoms with E-state index in [4.69, 9.17) is 0 Å². The first-order valence-electron chi connectivity index (χ1n) is 6.73. The number of thiazole rings is 1. The number of nitrogens with one attached hydrogen (secondary N) is 1. The van der Waals surface area contributed by atoms with Crippen LogP contribution in [0.3, 0.4) is 0 Å². The Morgan fingerprint density at radius 1 is 1.33 bits per heavy atom. The lowest BCUT2D eigenvalue weighted by atomic mass is 9.99. The molecule has 5 nitrogen and oxygen atoms in total. The summed E-state index contributed by atoms with van der Waals surface area (Å²) in [4.78, 5) is 13.7. The number of aromatic nitrogens is 1. The minimum atomic E-state index is -3.71. The van der Waals surface area contributed by atoms with Crippen LogP contribution < -0.4 is 9.18 Å². The van der Waals surface area contributed by atoms with Crippen LogP contribution in [0, 0.1) is 6.92 Å². The summed E-state index contributed by atoms with van der Waals surface area (Å²) >= 11 is 0.751. The van der Waals surface area contributed by atoms with Gasteiger partial charge in [-0.3, -0.25) is 9.10 Å². The summed E-state index contributed by atoms with van der Waals surface area (Å²) in [6, 6.07) is 7.41. The summed E-state index contributed by atoms with van der Waals surface area (Å²) in [5.74, 6) is 0. The Balaban J connectivity index is 2.19. The van der Waals surface area contributed by atoms with E-state index in [9.17, 15) is 13.2 Å². The van der Waals surface area contributed by atoms with Gasteiger partial charge in [-0.25, -0.2) is 8.42 Å². The Hall–Kier alpha value is -1.60. The number of anilines is 1. The molecule has 0 saturated heterocycles. The number of H-pyrrole nitrogens is 1. The number of sulfonamides is 1. The van der Waals surface area contributed by atoms with Crippen molar-refractivity contribution in [2.75, 3.05) is 4.31 Å². The van der Waals surface area contributed by atoms with Crippen LogP contribution >= 0.6 is 11.3 Å². The first kappa shape index (κ1) is 14.3. The lowest BCUT2D eigenvalue weighted by Gasteiger charge is -2.35. The third-order valence-corrected chi connectivity index (χ3v) is 7.25. The lowest BCUT2D eigenvalue weighted by molar-refractivity contribution is 0.564. The molecule has 1 aromatic carbocycles. The van der Waals surface area contributed by atoms with Gasteiger partial charge in [0.05, 0.1) is 5.69 Å². The normalized spacial score (nSPS) is 18.6. The van der Waals surface area contributed by atoms with Gasteiger partial charge in [0.2, 0.25) is 0 Å². The van der Waals surface area contributed by atoms with Gasteiger partial charge >= 0.3 is 4.87 Å². The second-order valence-electron chi connectivity index (χ2n) is 5.24. The standard InChI is InChI=1S/C14H16N2O3S2/c1-9-7-8-11-5-3-4-6-12(11)16(9)21(18,19)13-10(2)15-14(17)20-13/h3-6,9H,7-8H2,1-2H3,(H,15,17). The van der Waals surface area contributed by atoms with E-state index in [0.29, 0.717) is 5.69 Å². The van der Waals surface area contributed by atoms with Crippen LogP contribution in [-0.4, -0.2) is 19.4 Å². The highest BCUT2D eigenvalue weighted by Crippen LogP contribution is 2.36. The molecule has 0 saturated carbocycles. The van der Waals surface area contributed by atoms with Crippen molar-refractivity contribution in [2.24, 2.45) is 0 Å². The first-order valence-corrected chi connectivity index (χ1v) is 8.99. The molecule has 0 fully saturated rings. The molecular weight excluding hydrogens is 308 g/mol. The summed E-state index contributed by atoms with van der Waals surface area (Å²) in [5.41, 5.74) is 2.15. The fourth-order valence-electron chi connectivity index (χ4n) is 2.75. The van der Waals surface area contributed by atoms with Gasteiger partial charge in [-0.15, -0.1) is 0 Å². The molecule has 1 aromatic heterocycles. The van der Waals surface area contributed by atoms with E-state index in [1.54, 1.807) is 6.92 Å². The molecule has 2 heterocycles. The van der Waals surface area contributed by atoms with Crippen molar-refractivity contribution in [2.45, 2.75) is 36.9 Å². The molecule has 0 amide bonds. The second-order valence-corrected chi connectivity index (χ2v) is 8.24. The fraction of sp³-hybridized carbons (Fsp3) is 0.357. The zero-order valence-corrected chi connectivity index (χ0v) is 13.4. The highest BCUT2D eigenvalue weighted by molar-refractivity contribution is 7.94. The molecule has 1 atom stereocenters. The monoisotopic (exact) mass is 324 g/mol. The molecule has 2 aromatic rings. The van der Waals surface area contributed by atoms with Crippen LogP contribution in [0.25, 0.3) is 0 Å². The zero-order valence-electron chi connectivity index (χ0n) is 11.8. The van der Waals surface area contributed by atoms with Gasteiger partial charge in [-0.05, 0) is 38.3 Å². The quantitative estimate of drug-likeness (QED) is 0.921. The zero-order chi connectivity index (χ0) is 15.2. The number of aryl methyl sites for hydroxylation is 2. The average molecular weight is 324 g/mol. The van der Waals surface area contributed by atoms with E-state index < -0.39 is 10.0 Å². The molecule has 0 bridgehead atoms. The van der Waals surface area contributed by atoms with Crippen LogP contribution in [-0.2, 0) is 16.4 Å². The number of aromatic amines is 1. The maximum Gasteiger partial charge on any atom is 0.306 e. The molecule has 0 aliphatic carbocycles. The molecular formula is C14H16N2O3S2. The van der Waals surface area contributed by atoms with E-state index in [2.05, 4.69) is 4.98 Å². The van der Waals surface area contributed by atoms with Crippen LogP contribution in [0.4, 0.5) is 5.69 Å². The molecule has 1 N–H and O–H groups in total. The van der Waals surface area contributed by atoms with E-state index in [1.165, 1.54) is 4.31 Å². The average Bonchev–Trinajstić information content (AvgIpc) is 2.78. The molecule has 1 unspecified atom stereocenters. The Labute approximate surface area is 127 Å². The molecule has 1 aliphatic heterocycles. The van der Waals surface area contributed by atoms with Crippen molar-refractivity contribution in [1.82, 2.24) is 4.98 Å². The summed E-state index contributed by atoms with van der Waals surface area (Å²) in [6.07, 6.45) is 1.64. The smallest absolute Gasteiger partial charge is 0.306 e. The molecule has 21 heavy (non-hydrogen) atoms. The predicted octanol–water partition coefficient (Wildman–Crippen LogP) is 2.27. The van der Waals surface area contributed by atoms with Gasteiger partial charge in [-0.2, -0.15) is 0 Å². The highest BCUT2D eigenvalue weighted by atomic mass is 32.2. The van der Waals surface area contributed by atoms with Gasteiger partial charge in [-0.1, -0.05) is 29.5 Å². The second kappa shape index (κ2) is 4.99. The molecule has 7 heteroatoms. The fourth-order valence-corrected chi connectivity index (χ4v) is 5.85. The third kappa shape index (κ3) is 2.30. The number of hydrogen-bond acceptors (Lipinski definition) is 4.